The Labute approximate surface area is 174 Å². The van der Waals surface area contributed by atoms with Crippen LogP contribution in [0.5, 0.6) is 0 Å². The SMILES string of the molecule is CC1=C2CCC3(C[C@@]2(O)CCC1C1CCC(=O)C1NC1CCCCC1)OCCO3. The van der Waals surface area contributed by atoms with E-state index in [1.807, 2.05) is 0 Å². The van der Waals surface area contributed by atoms with Gasteiger partial charge in [0.25, 0.3) is 0 Å². The number of ketones is 1. The summed E-state index contributed by atoms with van der Waals surface area (Å²) >= 11 is 0. The maximum Gasteiger partial charge on any atom is 0.171 e. The number of carbonyl (C=O) groups excluding carboxylic acids is 1. The van der Waals surface area contributed by atoms with Gasteiger partial charge in [-0.25, -0.2) is 0 Å². The topological polar surface area (TPSA) is 67.8 Å². The monoisotopic (exact) mass is 403 g/mol. The van der Waals surface area contributed by atoms with Gasteiger partial charge in [0.15, 0.2) is 5.79 Å². The molecule has 1 aliphatic heterocycles. The van der Waals surface area contributed by atoms with Gasteiger partial charge in [-0.05, 0) is 62.9 Å². The highest BCUT2D eigenvalue weighted by atomic mass is 16.7. The van der Waals surface area contributed by atoms with Gasteiger partial charge in [0.05, 0.1) is 24.9 Å². The van der Waals surface area contributed by atoms with Crippen LogP contribution in [0.2, 0.25) is 0 Å². The fraction of sp³-hybridized carbons (Fsp3) is 0.875. The molecule has 5 aliphatic rings. The number of nitrogens with one attached hydrogen (secondary N) is 1. The van der Waals surface area contributed by atoms with E-state index >= 15 is 0 Å². The molecule has 1 heterocycles. The first-order valence-corrected chi connectivity index (χ1v) is 12.0. The van der Waals surface area contributed by atoms with Crippen molar-refractivity contribution in [1.82, 2.24) is 5.32 Å². The van der Waals surface area contributed by atoms with Crippen LogP contribution in [0.4, 0.5) is 0 Å². The second-order valence-electron chi connectivity index (χ2n) is 10.3. The van der Waals surface area contributed by atoms with Crippen LogP contribution in [-0.2, 0) is 14.3 Å². The van der Waals surface area contributed by atoms with Crippen molar-refractivity contribution in [2.45, 2.75) is 107 Å². The molecule has 4 fully saturated rings. The summed E-state index contributed by atoms with van der Waals surface area (Å²) < 4.78 is 11.8. The van der Waals surface area contributed by atoms with Crippen LogP contribution in [0.1, 0.15) is 84.0 Å². The quantitative estimate of drug-likeness (QED) is 0.704. The molecule has 0 aromatic carbocycles. The molecule has 5 rings (SSSR count). The lowest BCUT2D eigenvalue weighted by Gasteiger charge is -2.49. The van der Waals surface area contributed by atoms with Gasteiger partial charge < -0.3 is 19.9 Å². The number of aliphatic hydroxyl groups is 1. The third-order valence-electron chi connectivity index (χ3n) is 8.63. The zero-order valence-electron chi connectivity index (χ0n) is 17.9. The molecule has 4 atom stereocenters. The maximum absolute atomic E-state index is 12.8. The van der Waals surface area contributed by atoms with Gasteiger partial charge in [0.1, 0.15) is 5.78 Å². The van der Waals surface area contributed by atoms with E-state index in [1.54, 1.807) is 0 Å². The van der Waals surface area contributed by atoms with Gasteiger partial charge in [0.2, 0.25) is 0 Å². The summed E-state index contributed by atoms with van der Waals surface area (Å²) in [5.74, 6) is 0.642. The molecule has 3 saturated carbocycles. The number of carbonyl (C=O) groups is 1. The average Bonchev–Trinajstić information content (AvgIpc) is 3.30. The van der Waals surface area contributed by atoms with Crippen LogP contribution in [-0.4, -0.2) is 47.6 Å². The van der Waals surface area contributed by atoms with Crippen LogP contribution < -0.4 is 5.32 Å². The number of ether oxygens (including phenoxy) is 2. The molecular formula is C24H37NO4. The summed E-state index contributed by atoms with van der Waals surface area (Å²) in [4.78, 5) is 12.8. The van der Waals surface area contributed by atoms with Crippen molar-refractivity contribution in [2.75, 3.05) is 13.2 Å². The normalized spacial score (nSPS) is 40.6. The lowest BCUT2D eigenvalue weighted by atomic mass is 9.63. The smallest absolute Gasteiger partial charge is 0.171 e. The van der Waals surface area contributed by atoms with Gasteiger partial charge in [0, 0.05) is 25.3 Å². The van der Waals surface area contributed by atoms with Crippen molar-refractivity contribution in [2.24, 2.45) is 11.8 Å². The minimum Gasteiger partial charge on any atom is -0.385 e. The number of allylic oxidation sites excluding steroid dienone is 1. The Morgan fingerprint density at radius 3 is 2.52 bits per heavy atom. The summed E-state index contributed by atoms with van der Waals surface area (Å²) in [5, 5.41) is 15.3. The minimum absolute atomic E-state index is 0.0151. The molecule has 0 amide bonds. The molecule has 0 aromatic rings. The predicted molar refractivity (Wildman–Crippen MR) is 110 cm³/mol. The summed E-state index contributed by atoms with van der Waals surface area (Å²) in [6.45, 7) is 3.49. The molecule has 5 heteroatoms. The molecule has 1 saturated heterocycles. The molecule has 0 aromatic heterocycles. The van der Waals surface area contributed by atoms with Crippen molar-refractivity contribution >= 4 is 5.78 Å². The number of hydrogen-bond donors (Lipinski definition) is 2. The average molecular weight is 404 g/mol. The second kappa shape index (κ2) is 7.74. The lowest BCUT2D eigenvalue weighted by molar-refractivity contribution is -0.207. The fourth-order valence-corrected chi connectivity index (χ4v) is 7.15. The largest absolute Gasteiger partial charge is 0.385 e. The van der Waals surface area contributed by atoms with E-state index < -0.39 is 11.4 Å². The van der Waals surface area contributed by atoms with Gasteiger partial charge in [-0.3, -0.25) is 4.79 Å². The zero-order valence-corrected chi connectivity index (χ0v) is 17.9. The highest BCUT2D eigenvalue weighted by molar-refractivity contribution is 5.86. The Morgan fingerprint density at radius 2 is 1.76 bits per heavy atom. The molecule has 29 heavy (non-hydrogen) atoms. The highest BCUT2D eigenvalue weighted by Gasteiger charge is 2.53. The van der Waals surface area contributed by atoms with Gasteiger partial charge in [-0.1, -0.05) is 24.8 Å². The Balaban J connectivity index is 1.35. The molecule has 162 valence electrons. The molecule has 3 unspecified atom stereocenters. The van der Waals surface area contributed by atoms with Crippen molar-refractivity contribution in [3.05, 3.63) is 11.1 Å². The zero-order chi connectivity index (χ0) is 20.1. The van der Waals surface area contributed by atoms with Crippen LogP contribution in [0.15, 0.2) is 11.1 Å². The third-order valence-corrected chi connectivity index (χ3v) is 8.63. The Bertz CT molecular complexity index is 676. The number of fused-ring (bicyclic) bond motifs is 1. The van der Waals surface area contributed by atoms with E-state index in [0.717, 1.165) is 32.1 Å². The van der Waals surface area contributed by atoms with Gasteiger partial charge >= 0.3 is 0 Å². The fourth-order valence-electron chi connectivity index (χ4n) is 7.15. The first-order valence-electron chi connectivity index (χ1n) is 12.0. The molecule has 2 N–H and O–H groups in total. The first kappa shape index (κ1) is 20.2. The summed E-state index contributed by atoms with van der Waals surface area (Å²) in [6.07, 6.45) is 12.0. The molecule has 5 nitrogen and oxygen atoms in total. The Morgan fingerprint density at radius 1 is 1.00 bits per heavy atom. The molecule has 4 aliphatic carbocycles. The molecule has 0 radical (unpaired) electrons. The van der Waals surface area contributed by atoms with E-state index in [0.29, 0.717) is 49.7 Å². The van der Waals surface area contributed by atoms with Crippen molar-refractivity contribution < 1.29 is 19.4 Å². The van der Waals surface area contributed by atoms with E-state index in [2.05, 4.69) is 12.2 Å². The Hall–Kier alpha value is -0.750. The lowest BCUT2D eigenvalue weighted by Crippen LogP contribution is -2.52. The molecule has 1 spiro atoms. The third kappa shape index (κ3) is 3.62. The standard InChI is InChI=1S/C24H37NO4/c1-16-18(19-7-8-21(26)22(19)25-17-5-3-2-4-6-17)9-11-23(27)15-24(12-10-20(16)23)28-13-14-29-24/h17-19,22,25,27H,2-15H2,1H3/t18?,19?,22?,23-/m0/s1. The van der Waals surface area contributed by atoms with Gasteiger partial charge in [-0.15, -0.1) is 0 Å². The first-order chi connectivity index (χ1) is 14.0. The Kier molecular flexibility index (Phi) is 5.38. The number of rotatable bonds is 3. The van der Waals surface area contributed by atoms with Gasteiger partial charge in [-0.2, -0.15) is 0 Å². The maximum atomic E-state index is 12.8. The van der Waals surface area contributed by atoms with E-state index in [4.69, 9.17) is 9.47 Å². The van der Waals surface area contributed by atoms with Crippen molar-refractivity contribution in [3.63, 3.8) is 0 Å². The number of Topliss-reactive ketones (excluding diaryl/α,β-unsaturated/α-hetero) is 1. The van der Waals surface area contributed by atoms with E-state index in [1.165, 1.54) is 43.3 Å². The predicted octanol–water partition coefficient (Wildman–Crippen LogP) is 3.64. The van der Waals surface area contributed by atoms with Crippen LogP contribution in [0.25, 0.3) is 0 Å². The van der Waals surface area contributed by atoms with Crippen molar-refractivity contribution in [3.8, 4) is 0 Å². The molecular weight excluding hydrogens is 366 g/mol. The van der Waals surface area contributed by atoms with Crippen LogP contribution >= 0.6 is 0 Å². The summed E-state index contributed by atoms with van der Waals surface area (Å²) in [7, 11) is 0. The highest BCUT2D eigenvalue weighted by Crippen LogP contribution is 2.53. The van der Waals surface area contributed by atoms with Crippen molar-refractivity contribution in [1.29, 1.82) is 0 Å². The van der Waals surface area contributed by atoms with E-state index in [9.17, 15) is 9.90 Å². The second-order valence-corrected chi connectivity index (χ2v) is 10.3. The minimum atomic E-state index is -0.794. The summed E-state index contributed by atoms with van der Waals surface area (Å²) in [5.41, 5.74) is 1.77. The van der Waals surface area contributed by atoms with Crippen LogP contribution in [0.3, 0.4) is 0 Å². The summed E-state index contributed by atoms with van der Waals surface area (Å²) in [6, 6.07) is 0.527. The number of hydrogen-bond acceptors (Lipinski definition) is 5. The molecule has 0 bridgehead atoms. The van der Waals surface area contributed by atoms with E-state index in [-0.39, 0.29) is 6.04 Å². The van der Waals surface area contributed by atoms with Crippen LogP contribution in [0, 0.1) is 11.8 Å².